The van der Waals surface area contributed by atoms with Gasteiger partial charge in [0.2, 0.25) is 0 Å². The van der Waals surface area contributed by atoms with Crippen LogP contribution in [0.4, 0.5) is 11.4 Å². The minimum atomic E-state index is 1.07. The molecule has 0 aliphatic rings. The summed E-state index contributed by atoms with van der Waals surface area (Å²) in [5.41, 5.74) is 4.59. The van der Waals surface area contributed by atoms with E-state index >= 15 is 0 Å². The van der Waals surface area contributed by atoms with Gasteiger partial charge in [0.1, 0.15) is 0 Å². The first-order valence-corrected chi connectivity index (χ1v) is 11.5. The summed E-state index contributed by atoms with van der Waals surface area (Å²) < 4.78 is 1.08. The average Bonchev–Trinajstić information content (AvgIpc) is 2.86. The monoisotopic (exact) mass is 473 g/mol. The van der Waals surface area contributed by atoms with Crippen LogP contribution in [0.15, 0.2) is 120 Å². The van der Waals surface area contributed by atoms with Crippen LogP contribution < -0.4 is 5.32 Å². The van der Waals surface area contributed by atoms with Crippen LogP contribution in [-0.4, -0.2) is 0 Å². The van der Waals surface area contributed by atoms with Gasteiger partial charge in [0.15, 0.2) is 0 Å². The van der Waals surface area contributed by atoms with E-state index in [4.69, 9.17) is 0 Å². The van der Waals surface area contributed by atoms with E-state index in [0.29, 0.717) is 0 Å². The molecule has 0 atom stereocenters. The van der Waals surface area contributed by atoms with Gasteiger partial charge in [-0.15, -0.1) is 0 Å². The van der Waals surface area contributed by atoms with Gasteiger partial charge in [-0.3, -0.25) is 0 Å². The molecular formula is C30H20BrN. The van der Waals surface area contributed by atoms with Gasteiger partial charge in [-0.1, -0.05) is 88.7 Å². The first kappa shape index (κ1) is 19.1. The van der Waals surface area contributed by atoms with Crippen LogP contribution in [0, 0.1) is 0 Å². The Labute approximate surface area is 195 Å². The molecule has 2 heteroatoms. The Morgan fingerprint density at radius 2 is 0.844 bits per heavy atom. The Kier molecular flexibility index (Phi) is 4.66. The molecule has 32 heavy (non-hydrogen) atoms. The highest BCUT2D eigenvalue weighted by Gasteiger charge is 2.09. The maximum absolute atomic E-state index is 3.48. The van der Waals surface area contributed by atoms with Crippen molar-refractivity contribution >= 4 is 59.6 Å². The molecule has 1 N–H and O–H groups in total. The number of anilines is 2. The fraction of sp³-hybridized carbons (Fsp3) is 0. The molecule has 0 spiro atoms. The molecule has 0 saturated heterocycles. The molecule has 0 unspecified atom stereocenters. The molecule has 6 aromatic carbocycles. The van der Waals surface area contributed by atoms with E-state index in [-0.39, 0.29) is 0 Å². The molecule has 0 amide bonds. The lowest BCUT2D eigenvalue weighted by molar-refractivity contribution is 1.53. The molecular weight excluding hydrogens is 454 g/mol. The lowest BCUT2D eigenvalue weighted by Crippen LogP contribution is -1.90. The highest BCUT2D eigenvalue weighted by Crippen LogP contribution is 2.37. The molecule has 0 heterocycles. The van der Waals surface area contributed by atoms with Gasteiger partial charge in [-0.25, -0.2) is 0 Å². The summed E-state index contributed by atoms with van der Waals surface area (Å²) in [6.45, 7) is 0. The van der Waals surface area contributed by atoms with Crippen LogP contribution in [0.25, 0.3) is 43.4 Å². The van der Waals surface area contributed by atoms with Crippen LogP contribution in [0.3, 0.4) is 0 Å². The molecule has 0 bridgehead atoms. The Morgan fingerprint density at radius 3 is 1.41 bits per heavy atom. The van der Waals surface area contributed by atoms with Crippen LogP contribution >= 0.6 is 15.9 Å². The predicted molar refractivity (Wildman–Crippen MR) is 142 cm³/mol. The smallest absolute Gasteiger partial charge is 0.0384 e. The number of benzene rings is 6. The standard InChI is InChI=1S/C30H20BrN/c31-22-12-16-24(17-13-22)32-23-14-9-20(10-15-23)21-11-18-29-27-7-2-1-5-25(27)26-6-3-4-8-28(26)30(29)19-21/h1-19,32H. The molecule has 0 aliphatic carbocycles. The van der Waals surface area contributed by atoms with Crippen LogP contribution in [0.5, 0.6) is 0 Å². The highest BCUT2D eigenvalue weighted by atomic mass is 79.9. The number of nitrogens with one attached hydrogen (secondary N) is 1. The maximum atomic E-state index is 3.48. The Hall–Kier alpha value is -3.62. The fourth-order valence-corrected chi connectivity index (χ4v) is 4.80. The van der Waals surface area contributed by atoms with E-state index < -0.39 is 0 Å². The Bertz CT molecular complexity index is 1550. The molecule has 0 fully saturated rings. The third-order valence-corrected chi connectivity index (χ3v) is 6.62. The molecule has 0 saturated carbocycles. The molecule has 6 rings (SSSR count). The Morgan fingerprint density at radius 1 is 0.406 bits per heavy atom. The van der Waals surface area contributed by atoms with Gasteiger partial charge in [0, 0.05) is 15.8 Å². The zero-order valence-corrected chi connectivity index (χ0v) is 18.9. The summed E-state index contributed by atoms with van der Waals surface area (Å²) in [4.78, 5) is 0. The summed E-state index contributed by atoms with van der Waals surface area (Å²) in [5, 5.41) is 11.3. The van der Waals surface area contributed by atoms with Crippen LogP contribution in [0.2, 0.25) is 0 Å². The highest BCUT2D eigenvalue weighted by molar-refractivity contribution is 9.10. The first-order valence-electron chi connectivity index (χ1n) is 10.7. The normalized spacial score (nSPS) is 11.3. The quantitative estimate of drug-likeness (QED) is 0.252. The number of fused-ring (bicyclic) bond motifs is 6. The van der Waals surface area contributed by atoms with Gasteiger partial charge in [-0.05, 0) is 85.9 Å². The minimum Gasteiger partial charge on any atom is -0.356 e. The average molecular weight is 474 g/mol. The first-order chi connectivity index (χ1) is 15.8. The van der Waals surface area contributed by atoms with Crippen molar-refractivity contribution in [1.29, 1.82) is 0 Å². The van der Waals surface area contributed by atoms with Crippen molar-refractivity contribution in [3.8, 4) is 11.1 Å². The van der Waals surface area contributed by atoms with Gasteiger partial charge in [-0.2, -0.15) is 0 Å². The second-order valence-corrected chi connectivity index (χ2v) is 8.98. The molecule has 152 valence electrons. The van der Waals surface area contributed by atoms with E-state index in [9.17, 15) is 0 Å². The Balaban J connectivity index is 1.44. The van der Waals surface area contributed by atoms with Crippen LogP contribution in [-0.2, 0) is 0 Å². The number of hydrogen-bond acceptors (Lipinski definition) is 1. The number of hydrogen-bond donors (Lipinski definition) is 1. The van der Waals surface area contributed by atoms with Gasteiger partial charge >= 0.3 is 0 Å². The second-order valence-electron chi connectivity index (χ2n) is 8.06. The van der Waals surface area contributed by atoms with Crippen molar-refractivity contribution in [2.45, 2.75) is 0 Å². The van der Waals surface area contributed by atoms with E-state index in [0.717, 1.165) is 15.8 Å². The zero-order chi connectivity index (χ0) is 21.5. The molecule has 0 radical (unpaired) electrons. The maximum Gasteiger partial charge on any atom is 0.0384 e. The van der Waals surface area contributed by atoms with Crippen molar-refractivity contribution in [2.24, 2.45) is 0 Å². The molecule has 0 aromatic heterocycles. The van der Waals surface area contributed by atoms with E-state index in [1.54, 1.807) is 0 Å². The van der Waals surface area contributed by atoms with Gasteiger partial charge in [0.05, 0.1) is 0 Å². The SMILES string of the molecule is Brc1ccc(Nc2ccc(-c3ccc4c5ccccc5c5ccccc5c4c3)cc2)cc1. The lowest BCUT2D eigenvalue weighted by atomic mass is 9.92. The molecule has 1 nitrogen and oxygen atoms in total. The summed E-state index contributed by atoms with van der Waals surface area (Å²) in [5.74, 6) is 0. The number of halogens is 1. The van der Waals surface area contributed by atoms with Crippen molar-refractivity contribution < 1.29 is 0 Å². The van der Waals surface area contributed by atoms with Crippen molar-refractivity contribution in [3.63, 3.8) is 0 Å². The topological polar surface area (TPSA) is 12.0 Å². The zero-order valence-electron chi connectivity index (χ0n) is 17.3. The predicted octanol–water partition coefficient (Wildman–Crippen LogP) is 9.32. The minimum absolute atomic E-state index is 1.07. The number of rotatable bonds is 3. The fourth-order valence-electron chi connectivity index (χ4n) is 4.53. The summed E-state index contributed by atoms with van der Waals surface area (Å²) in [6, 6.07) is 41.1. The summed E-state index contributed by atoms with van der Waals surface area (Å²) in [7, 11) is 0. The molecule has 0 aliphatic heterocycles. The molecule has 6 aromatic rings. The van der Waals surface area contributed by atoms with Crippen molar-refractivity contribution in [3.05, 3.63) is 120 Å². The van der Waals surface area contributed by atoms with Gasteiger partial charge < -0.3 is 5.32 Å². The van der Waals surface area contributed by atoms with Crippen LogP contribution in [0.1, 0.15) is 0 Å². The largest absolute Gasteiger partial charge is 0.356 e. The van der Waals surface area contributed by atoms with E-state index in [1.165, 1.54) is 43.4 Å². The summed E-state index contributed by atoms with van der Waals surface area (Å²) >= 11 is 3.48. The third kappa shape index (κ3) is 3.34. The van der Waals surface area contributed by atoms with E-state index in [1.807, 2.05) is 12.1 Å². The van der Waals surface area contributed by atoms with E-state index in [2.05, 4.69) is 124 Å². The second kappa shape index (κ2) is 7.81. The van der Waals surface area contributed by atoms with Crippen molar-refractivity contribution in [2.75, 3.05) is 5.32 Å². The lowest BCUT2D eigenvalue weighted by Gasteiger charge is -2.12. The van der Waals surface area contributed by atoms with Gasteiger partial charge in [0.25, 0.3) is 0 Å². The van der Waals surface area contributed by atoms with Crippen molar-refractivity contribution in [1.82, 2.24) is 0 Å². The summed E-state index contributed by atoms with van der Waals surface area (Å²) in [6.07, 6.45) is 0. The third-order valence-electron chi connectivity index (χ3n) is 6.10.